The van der Waals surface area contributed by atoms with Crippen LogP contribution in [0.4, 0.5) is 0 Å². The van der Waals surface area contributed by atoms with Gasteiger partial charge in [0.25, 0.3) is 0 Å². The van der Waals surface area contributed by atoms with Crippen LogP contribution in [-0.4, -0.2) is 16.0 Å². The van der Waals surface area contributed by atoms with E-state index in [0.29, 0.717) is 5.15 Å². The summed E-state index contributed by atoms with van der Waals surface area (Å²) >= 11 is 7.30. The van der Waals surface area contributed by atoms with E-state index < -0.39 is 0 Å². The molecule has 1 heterocycles. The van der Waals surface area contributed by atoms with Crippen LogP contribution in [0, 0.1) is 6.92 Å². The monoisotopic (exact) mass is 200 g/mol. The zero-order valence-electron chi connectivity index (χ0n) is 6.75. The second-order valence-corrected chi connectivity index (χ2v) is 3.65. The molecule has 0 radical (unpaired) electrons. The molecule has 0 spiro atoms. The zero-order valence-corrected chi connectivity index (χ0v) is 8.32. The summed E-state index contributed by atoms with van der Waals surface area (Å²) in [5.41, 5.74) is 0.957. The van der Waals surface area contributed by atoms with Crippen LogP contribution in [0.1, 0.15) is 5.56 Å². The SMILES string of the molecule is C=CCSc1cc(C)c(Cl)nn1. The molecule has 0 bridgehead atoms. The molecule has 0 N–H and O–H groups in total. The summed E-state index contributed by atoms with van der Waals surface area (Å²) in [7, 11) is 0. The van der Waals surface area contributed by atoms with Gasteiger partial charge in [-0.3, -0.25) is 0 Å². The average molecular weight is 201 g/mol. The number of nitrogens with zero attached hydrogens (tertiary/aromatic N) is 2. The smallest absolute Gasteiger partial charge is 0.143 e. The molecular formula is C8H9ClN2S. The molecule has 0 aliphatic carbocycles. The fraction of sp³-hybridized carbons (Fsp3) is 0.250. The van der Waals surface area contributed by atoms with Crippen LogP contribution in [0.25, 0.3) is 0 Å². The van der Waals surface area contributed by atoms with Crippen LogP contribution in [0.2, 0.25) is 5.15 Å². The summed E-state index contributed by atoms with van der Waals surface area (Å²) in [4.78, 5) is 0. The number of halogens is 1. The number of aryl methyl sites for hydroxylation is 1. The second-order valence-electron chi connectivity index (χ2n) is 2.26. The van der Waals surface area contributed by atoms with Crippen molar-refractivity contribution in [3.8, 4) is 0 Å². The van der Waals surface area contributed by atoms with Crippen LogP contribution in [0.3, 0.4) is 0 Å². The van der Waals surface area contributed by atoms with Crippen molar-refractivity contribution in [2.24, 2.45) is 0 Å². The first-order valence-electron chi connectivity index (χ1n) is 3.47. The lowest BCUT2D eigenvalue weighted by molar-refractivity contribution is 0.918. The summed E-state index contributed by atoms with van der Waals surface area (Å²) in [6.07, 6.45) is 1.83. The summed E-state index contributed by atoms with van der Waals surface area (Å²) in [5.74, 6) is 0.843. The molecule has 4 heteroatoms. The van der Waals surface area contributed by atoms with Crippen LogP contribution < -0.4 is 0 Å². The number of rotatable bonds is 3. The maximum Gasteiger partial charge on any atom is 0.154 e. The van der Waals surface area contributed by atoms with Gasteiger partial charge in [-0.15, -0.1) is 28.5 Å². The zero-order chi connectivity index (χ0) is 8.97. The summed E-state index contributed by atoms with van der Waals surface area (Å²) in [6, 6.07) is 1.92. The third-order valence-electron chi connectivity index (χ3n) is 1.25. The maximum atomic E-state index is 5.71. The highest BCUT2D eigenvalue weighted by Crippen LogP contribution is 2.18. The van der Waals surface area contributed by atoms with E-state index in [9.17, 15) is 0 Å². The van der Waals surface area contributed by atoms with Crippen molar-refractivity contribution in [1.82, 2.24) is 10.2 Å². The predicted molar refractivity (Wildman–Crippen MR) is 52.7 cm³/mol. The second kappa shape index (κ2) is 4.48. The third kappa shape index (κ3) is 2.50. The Balaban J connectivity index is 2.75. The van der Waals surface area contributed by atoms with Gasteiger partial charge in [0.05, 0.1) is 0 Å². The van der Waals surface area contributed by atoms with E-state index in [0.717, 1.165) is 16.3 Å². The van der Waals surface area contributed by atoms with Gasteiger partial charge < -0.3 is 0 Å². The number of hydrogen-bond acceptors (Lipinski definition) is 3. The lowest BCUT2D eigenvalue weighted by atomic mass is 10.4. The van der Waals surface area contributed by atoms with Gasteiger partial charge in [-0.25, -0.2) is 0 Å². The molecule has 0 amide bonds. The molecule has 0 saturated heterocycles. The minimum absolute atomic E-state index is 0.470. The van der Waals surface area contributed by atoms with Crippen molar-refractivity contribution in [3.63, 3.8) is 0 Å². The molecule has 0 unspecified atom stereocenters. The molecule has 0 saturated carbocycles. The van der Waals surface area contributed by atoms with Crippen molar-refractivity contribution < 1.29 is 0 Å². The lowest BCUT2D eigenvalue weighted by Gasteiger charge is -1.98. The van der Waals surface area contributed by atoms with E-state index in [1.807, 2.05) is 19.1 Å². The van der Waals surface area contributed by atoms with Crippen molar-refractivity contribution in [2.45, 2.75) is 11.9 Å². The Morgan fingerprint density at radius 3 is 3.00 bits per heavy atom. The van der Waals surface area contributed by atoms with E-state index >= 15 is 0 Å². The van der Waals surface area contributed by atoms with Gasteiger partial charge >= 0.3 is 0 Å². The Labute approximate surface area is 81.0 Å². The first kappa shape index (κ1) is 9.55. The Kier molecular flexibility index (Phi) is 3.56. The molecule has 1 aromatic heterocycles. The Morgan fingerprint density at radius 1 is 1.67 bits per heavy atom. The molecule has 0 atom stereocenters. The normalized spacial score (nSPS) is 9.83. The average Bonchev–Trinajstić information content (AvgIpc) is 2.07. The maximum absolute atomic E-state index is 5.71. The Morgan fingerprint density at radius 2 is 2.42 bits per heavy atom. The molecule has 2 nitrogen and oxygen atoms in total. The fourth-order valence-electron chi connectivity index (χ4n) is 0.661. The standard InChI is InChI=1S/C8H9ClN2S/c1-3-4-12-7-5-6(2)8(9)11-10-7/h3,5H,1,4H2,2H3. The number of hydrogen-bond donors (Lipinski definition) is 0. The van der Waals surface area contributed by atoms with Gasteiger partial charge in [-0.2, -0.15) is 0 Å². The Hall–Kier alpha value is -0.540. The Bertz CT molecular complexity index is 288. The minimum atomic E-state index is 0.470. The number of aromatic nitrogens is 2. The molecule has 1 rings (SSSR count). The van der Waals surface area contributed by atoms with Crippen molar-refractivity contribution in [2.75, 3.05) is 5.75 Å². The summed E-state index contributed by atoms with van der Waals surface area (Å²) in [5, 5.41) is 9.06. The van der Waals surface area contributed by atoms with Crippen LogP contribution in [0.5, 0.6) is 0 Å². The molecule has 0 aliphatic heterocycles. The van der Waals surface area contributed by atoms with E-state index in [1.165, 1.54) is 0 Å². The fourth-order valence-corrected chi connectivity index (χ4v) is 1.40. The van der Waals surface area contributed by atoms with Crippen molar-refractivity contribution in [3.05, 3.63) is 29.4 Å². The minimum Gasteiger partial charge on any atom is -0.143 e. The van der Waals surface area contributed by atoms with Gasteiger partial charge in [0.15, 0.2) is 5.15 Å². The molecule has 12 heavy (non-hydrogen) atoms. The van der Waals surface area contributed by atoms with Gasteiger partial charge in [0.2, 0.25) is 0 Å². The van der Waals surface area contributed by atoms with Gasteiger partial charge in [-0.05, 0) is 18.6 Å². The van der Waals surface area contributed by atoms with E-state index in [1.54, 1.807) is 11.8 Å². The highest BCUT2D eigenvalue weighted by atomic mass is 35.5. The van der Waals surface area contributed by atoms with Crippen molar-refractivity contribution >= 4 is 23.4 Å². The molecule has 0 aromatic carbocycles. The van der Waals surface area contributed by atoms with E-state index in [4.69, 9.17) is 11.6 Å². The molecule has 0 fully saturated rings. The topological polar surface area (TPSA) is 25.8 Å². The first-order chi connectivity index (χ1) is 5.74. The van der Waals surface area contributed by atoms with Gasteiger partial charge in [0, 0.05) is 5.75 Å². The summed E-state index contributed by atoms with van der Waals surface area (Å²) in [6.45, 7) is 5.53. The van der Waals surface area contributed by atoms with Crippen molar-refractivity contribution in [1.29, 1.82) is 0 Å². The predicted octanol–water partition coefficient (Wildman–Crippen LogP) is 2.72. The van der Waals surface area contributed by atoms with Crippen LogP contribution in [-0.2, 0) is 0 Å². The first-order valence-corrected chi connectivity index (χ1v) is 4.84. The molecule has 1 aromatic rings. The summed E-state index contributed by atoms with van der Waals surface area (Å²) < 4.78 is 0. The van der Waals surface area contributed by atoms with Crippen LogP contribution >= 0.6 is 23.4 Å². The van der Waals surface area contributed by atoms with E-state index in [-0.39, 0.29) is 0 Å². The van der Waals surface area contributed by atoms with Crippen LogP contribution in [0.15, 0.2) is 23.7 Å². The third-order valence-corrected chi connectivity index (χ3v) is 2.52. The molecule has 64 valence electrons. The van der Waals surface area contributed by atoms with Gasteiger partial charge in [0.1, 0.15) is 5.03 Å². The largest absolute Gasteiger partial charge is 0.154 e. The quantitative estimate of drug-likeness (QED) is 0.554. The number of thioether (sulfide) groups is 1. The highest BCUT2D eigenvalue weighted by Gasteiger charge is 1.99. The van der Waals surface area contributed by atoms with Gasteiger partial charge in [-0.1, -0.05) is 17.7 Å². The van der Waals surface area contributed by atoms with E-state index in [2.05, 4.69) is 16.8 Å². The highest BCUT2D eigenvalue weighted by molar-refractivity contribution is 7.99. The molecular weight excluding hydrogens is 192 g/mol. The lowest BCUT2D eigenvalue weighted by Crippen LogP contribution is -1.89. The molecule has 0 aliphatic rings.